The zero-order valence-electron chi connectivity index (χ0n) is 16.3. The second-order valence-corrected chi connectivity index (χ2v) is 8.87. The van der Waals surface area contributed by atoms with Crippen molar-refractivity contribution < 1.29 is 19.5 Å². The summed E-state index contributed by atoms with van der Waals surface area (Å²) in [4.78, 5) is 40.9. The maximum absolute atomic E-state index is 13.2. The molecule has 3 saturated heterocycles. The highest BCUT2D eigenvalue weighted by Crippen LogP contribution is 2.40. The van der Waals surface area contributed by atoms with Crippen LogP contribution in [0.5, 0.6) is 0 Å². The molecule has 0 saturated carbocycles. The molecule has 3 amide bonds. The summed E-state index contributed by atoms with van der Waals surface area (Å²) in [7, 11) is 0. The fourth-order valence-electron chi connectivity index (χ4n) is 5.43. The van der Waals surface area contributed by atoms with Crippen molar-refractivity contribution in [2.45, 2.75) is 32.0 Å². The van der Waals surface area contributed by atoms with Crippen molar-refractivity contribution in [1.82, 2.24) is 20.4 Å². The molecule has 1 spiro atoms. The second-order valence-electron chi connectivity index (χ2n) is 8.87. The van der Waals surface area contributed by atoms with Crippen molar-refractivity contribution in [2.24, 2.45) is 11.3 Å². The number of fused-ring (bicyclic) bond motifs is 1. The molecule has 1 aromatic rings. The highest BCUT2D eigenvalue weighted by Gasteiger charge is 2.50. The number of nitrogens with zero attached hydrogens (tertiary/aromatic N) is 2. The number of aliphatic hydroxyl groups excluding tert-OH is 1. The number of amides is 3. The number of nitrogens with one attached hydrogen (secondary N) is 2. The van der Waals surface area contributed by atoms with Gasteiger partial charge in [-0.25, -0.2) is 0 Å². The van der Waals surface area contributed by atoms with Gasteiger partial charge in [-0.15, -0.1) is 0 Å². The summed E-state index contributed by atoms with van der Waals surface area (Å²) in [5, 5.41) is 15.5. The smallest absolute Gasteiger partial charge is 0.255 e. The lowest BCUT2D eigenvalue weighted by molar-refractivity contribution is -0.136. The van der Waals surface area contributed by atoms with Crippen LogP contribution in [0.2, 0.25) is 0 Å². The van der Waals surface area contributed by atoms with Crippen LogP contribution in [0.15, 0.2) is 18.2 Å². The molecule has 1 aromatic carbocycles. The molecule has 8 nitrogen and oxygen atoms in total. The fourth-order valence-corrected chi connectivity index (χ4v) is 5.43. The predicted molar refractivity (Wildman–Crippen MR) is 104 cm³/mol. The van der Waals surface area contributed by atoms with Gasteiger partial charge in [-0.2, -0.15) is 0 Å². The first-order chi connectivity index (χ1) is 14.0. The summed E-state index contributed by atoms with van der Waals surface area (Å²) < 4.78 is 0. The lowest BCUT2D eigenvalue weighted by Crippen LogP contribution is -2.58. The third kappa shape index (κ3) is 2.97. The number of carbonyl (C=O) groups excluding carboxylic acids is 3. The average molecular weight is 398 g/mol. The summed E-state index contributed by atoms with van der Waals surface area (Å²) in [5.41, 5.74) is 2.76. The van der Waals surface area contributed by atoms with Crippen LogP contribution in [0.3, 0.4) is 0 Å². The minimum atomic E-state index is -0.588. The largest absolute Gasteiger partial charge is 0.396 e. The van der Waals surface area contributed by atoms with Crippen molar-refractivity contribution in [3.8, 4) is 0 Å². The van der Waals surface area contributed by atoms with Crippen LogP contribution in [0.25, 0.3) is 0 Å². The van der Waals surface area contributed by atoms with Gasteiger partial charge in [-0.05, 0) is 17.5 Å². The summed E-state index contributed by atoms with van der Waals surface area (Å²) in [5.74, 6) is -0.518. The first kappa shape index (κ1) is 18.7. The molecule has 0 aliphatic carbocycles. The molecule has 154 valence electrons. The summed E-state index contributed by atoms with van der Waals surface area (Å²) in [6.45, 7) is 4.87. The third-order valence-corrected chi connectivity index (χ3v) is 7.09. The van der Waals surface area contributed by atoms with Crippen molar-refractivity contribution in [1.29, 1.82) is 0 Å². The van der Waals surface area contributed by atoms with Gasteiger partial charge < -0.3 is 15.3 Å². The number of hydrogen-bond acceptors (Lipinski definition) is 6. The quantitative estimate of drug-likeness (QED) is 0.589. The molecule has 5 rings (SSSR count). The van der Waals surface area contributed by atoms with Crippen molar-refractivity contribution in [3.63, 3.8) is 0 Å². The SMILES string of the molecule is O=C1CCC(N2Cc3cccc(CN4CC(CO)C5(CNC5)C4)c3C2=O)C(=O)N1. The van der Waals surface area contributed by atoms with E-state index in [2.05, 4.69) is 15.5 Å². The van der Waals surface area contributed by atoms with E-state index in [1.165, 1.54) is 0 Å². The van der Waals surface area contributed by atoms with Gasteiger partial charge in [-0.1, -0.05) is 18.2 Å². The Bertz CT molecular complexity index is 881. The average Bonchev–Trinajstić information content (AvgIpc) is 3.21. The van der Waals surface area contributed by atoms with Crippen LogP contribution < -0.4 is 10.6 Å². The van der Waals surface area contributed by atoms with Gasteiger partial charge in [0.15, 0.2) is 0 Å². The Hall–Kier alpha value is -2.29. The molecule has 8 heteroatoms. The zero-order valence-corrected chi connectivity index (χ0v) is 16.3. The number of carbonyl (C=O) groups is 3. The van der Waals surface area contributed by atoms with Crippen LogP contribution in [0.4, 0.5) is 0 Å². The van der Waals surface area contributed by atoms with Gasteiger partial charge in [0.05, 0.1) is 0 Å². The van der Waals surface area contributed by atoms with Crippen molar-refractivity contribution >= 4 is 17.7 Å². The van der Waals surface area contributed by atoms with E-state index in [0.29, 0.717) is 25.1 Å². The first-order valence-corrected chi connectivity index (χ1v) is 10.3. The molecule has 2 atom stereocenters. The van der Waals surface area contributed by atoms with Crippen LogP contribution in [0.1, 0.15) is 34.3 Å². The Labute approximate surface area is 169 Å². The highest BCUT2D eigenvalue weighted by molar-refractivity contribution is 6.05. The van der Waals surface area contributed by atoms with Gasteiger partial charge in [0.2, 0.25) is 11.8 Å². The van der Waals surface area contributed by atoms with E-state index in [0.717, 1.165) is 37.3 Å². The third-order valence-electron chi connectivity index (χ3n) is 7.09. The Balaban J connectivity index is 1.35. The highest BCUT2D eigenvalue weighted by atomic mass is 16.3. The van der Waals surface area contributed by atoms with E-state index in [9.17, 15) is 19.5 Å². The number of piperidine rings is 1. The van der Waals surface area contributed by atoms with E-state index >= 15 is 0 Å². The molecule has 0 aromatic heterocycles. The van der Waals surface area contributed by atoms with Crippen LogP contribution in [-0.4, -0.2) is 71.5 Å². The number of aliphatic hydroxyl groups is 1. The Morgan fingerprint density at radius 3 is 2.69 bits per heavy atom. The van der Waals surface area contributed by atoms with Gasteiger partial charge in [-0.3, -0.25) is 24.6 Å². The molecule has 0 radical (unpaired) electrons. The topological polar surface area (TPSA) is 102 Å². The van der Waals surface area contributed by atoms with Gasteiger partial charge in [0.25, 0.3) is 5.91 Å². The summed E-state index contributed by atoms with van der Waals surface area (Å²) in [6.07, 6.45) is 0.634. The molecule has 4 heterocycles. The Kier molecular flexibility index (Phi) is 4.45. The molecule has 3 fully saturated rings. The van der Waals surface area contributed by atoms with E-state index < -0.39 is 6.04 Å². The molecular weight excluding hydrogens is 372 g/mol. The molecule has 2 unspecified atom stereocenters. The summed E-state index contributed by atoms with van der Waals surface area (Å²) >= 11 is 0. The molecule has 3 N–H and O–H groups in total. The van der Waals surface area contributed by atoms with E-state index in [1.807, 2.05) is 18.2 Å². The molecular formula is C21H26N4O4. The molecule has 4 aliphatic rings. The maximum Gasteiger partial charge on any atom is 0.255 e. The minimum absolute atomic E-state index is 0.122. The normalized spacial score (nSPS) is 28.6. The van der Waals surface area contributed by atoms with E-state index in [-0.39, 0.29) is 42.1 Å². The minimum Gasteiger partial charge on any atom is -0.396 e. The van der Waals surface area contributed by atoms with Gasteiger partial charge in [0.1, 0.15) is 6.04 Å². The molecule has 4 aliphatic heterocycles. The predicted octanol–water partition coefficient (Wildman–Crippen LogP) is -0.539. The molecule has 0 bridgehead atoms. The lowest BCUT2D eigenvalue weighted by Gasteiger charge is -2.43. The number of benzene rings is 1. The van der Waals surface area contributed by atoms with Gasteiger partial charge >= 0.3 is 0 Å². The Morgan fingerprint density at radius 1 is 1.21 bits per heavy atom. The number of rotatable bonds is 4. The Morgan fingerprint density at radius 2 is 2.03 bits per heavy atom. The van der Waals surface area contributed by atoms with Crippen LogP contribution >= 0.6 is 0 Å². The maximum atomic E-state index is 13.2. The lowest BCUT2D eigenvalue weighted by atomic mass is 9.73. The van der Waals surface area contributed by atoms with E-state index in [1.54, 1.807) is 4.90 Å². The van der Waals surface area contributed by atoms with Crippen LogP contribution in [0, 0.1) is 11.3 Å². The zero-order chi connectivity index (χ0) is 20.2. The first-order valence-electron chi connectivity index (χ1n) is 10.3. The van der Waals surface area contributed by atoms with Crippen molar-refractivity contribution in [3.05, 3.63) is 34.9 Å². The standard InChI is InChI=1S/C21H26N4O4/c26-9-15-8-24(12-21(15)10-22-11-21)6-13-2-1-3-14-7-25(20(29)18(13)14)16-4-5-17(27)23-19(16)28/h1-3,15-16,22,26H,4-12H2,(H,23,27,28). The monoisotopic (exact) mass is 398 g/mol. The fraction of sp³-hybridized carbons (Fsp3) is 0.571. The second kappa shape index (κ2) is 6.90. The molecule has 29 heavy (non-hydrogen) atoms. The number of hydrogen-bond donors (Lipinski definition) is 3. The van der Waals surface area contributed by atoms with E-state index in [4.69, 9.17) is 0 Å². The van der Waals surface area contributed by atoms with Crippen molar-refractivity contribution in [2.75, 3.05) is 32.8 Å². The van der Waals surface area contributed by atoms with Crippen LogP contribution in [-0.2, 0) is 22.7 Å². The number of likely N-dealkylation sites (tertiary alicyclic amines) is 1. The van der Waals surface area contributed by atoms with Gasteiger partial charge in [0, 0.05) is 69.2 Å². The number of imide groups is 1. The summed E-state index contributed by atoms with van der Waals surface area (Å²) in [6, 6.07) is 5.31.